The van der Waals surface area contributed by atoms with E-state index in [0.717, 1.165) is 89.0 Å². The smallest absolute Gasteiger partial charge is 0.166 e. The Morgan fingerprint density at radius 3 is 0.675 bits per heavy atom. The van der Waals surface area contributed by atoms with E-state index in [-0.39, 0.29) is 0 Å². The molecule has 10 heterocycles. The molecule has 0 aliphatic rings. The summed E-state index contributed by atoms with van der Waals surface area (Å²) in [6.45, 7) is 0. The van der Waals surface area contributed by atoms with Crippen molar-refractivity contribution >= 4 is 0 Å². The zero-order chi connectivity index (χ0) is 80.2. The summed E-state index contributed by atoms with van der Waals surface area (Å²) >= 11 is 0. The van der Waals surface area contributed by atoms with Gasteiger partial charge in [0.25, 0.3) is 0 Å². The third-order valence-corrected chi connectivity index (χ3v) is 19.8. The van der Waals surface area contributed by atoms with Crippen LogP contribution in [-0.2, 0) is 0 Å². The first kappa shape index (κ1) is 73.3. The van der Waals surface area contributed by atoms with E-state index in [1.807, 2.05) is 328 Å². The van der Waals surface area contributed by atoms with E-state index >= 15 is 0 Å². The molecule has 0 radical (unpaired) electrons. The zero-order valence-corrected chi connectivity index (χ0v) is 64.2. The van der Waals surface area contributed by atoms with Crippen LogP contribution in [0.4, 0.5) is 0 Å². The van der Waals surface area contributed by atoms with Crippen molar-refractivity contribution in [2.75, 3.05) is 0 Å². The standard InChI is InChI=1S/2C51H33N9/c1-6-17-34(18-7-1)40-31-43(42-29-28-39(33-53-42)50-57-46(35-19-8-2-9-20-35)55-47(58-50)36-21-10-3-11-22-36)54-44(32-40)45-41(27-16-30-52-45)51-59-48(37-23-12-4-13-24-37)56-49(60-51)38-25-14-5-15-26-38;1-6-16-34(17-7-1)41-31-44(42-27-26-40(33-53-42)51-59-48(37-22-12-4-13-23-37)56-49(60-51)38-24-14-5-15-25-38)54-45(32-41)43-30-39(28-29-52-43)50-57-46(35-18-8-2-9-19-35)55-47(58-50)36-20-10-3-11-21-36/h2*1-33H. The molecule has 0 fully saturated rings. The van der Waals surface area contributed by atoms with Crippen LogP contribution in [0.25, 0.3) is 204 Å². The van der Waals surface area contributed by atoms with Crippen molar-refractivity contribution in [3.63, 3.8) is 0 Å². The molecule has 0 amide bonds. The molecule has 564 valence electrons. The predicted octanol–water partition coefficient (Wildman–Crippen LogP) is 22.5. The number of nitrogens with zero attached hydrogens (tertiary/aromatic N) is 18. The van der Waals surface area contributed by atoms with Crippen molar-refractivity contribution in [3.8, 4) is 204 Å². The summed E-state index contributed by atoms with van der Waals surface area (Å²) in [6.07, 6.45) is 7.11. The van der Waals surface area contributed by atoms with Crippen molar-refractivity contribution in [3.05, 3.63) is 401 Å². The third kappa shape index (κ3) is 16.5. The molecular formula is C102H66N18. The minimum atomic E-state index is 0.490. The van der Waals surface area contributed by atoms with Crippen LogP contribution in [0.2, 0.25) is 0 Å². The molecule has 0 spiro atoms. The Labute approximate surface area is 690 Å². The summed E-state index contributed by atoms with van der Waals surface area (Å²) in [5.74, 6) is 6.72. The van der Waals surface area contributed by atoms with Crippen LogP contribution >= 0.6 is 0 Å². The first-order chi connectivity index (χ1) is 59.4. The zero-order valence-electron chi connectivity index (χ0n) is 64.2. The number of benzene rings is 10. The van der Waals surface area contributed by atoms with Gasteiger partial charge >= 0.3 is 0 Å². The topological polar surface area (TPSA) is 232 Å². The average molecular weight is 1540 g/mol. The van der Waals surface area contributed by atoms with E-state index in [4.69, 9.17) is 89.7 Å². The molecule has 0 aliphatic heterocycles. The Balaban J connectivity index is 0.000000159. The van der Waals surface area contributed by atoms with Gasteiger partial charge in [-0.05, 0) is 95.1 Å². The van der Waals surface area contributed by atoms with E-state index < -0.39 is 0 Å². The monoisotopic (exact) mass is 1540 g/mol. The Kier molecular flexibility index (Phi) is 20.8. The van der Waals surface area contributed by atoms with Crippen molar-refractivity contribution < 1.29 is 0 Å². The van der Waals surface area contributed by atoms with Gasteiger partial charge in [0.2, 0.25) is 0 Å². The van der Waals surface area contributed by atoms with Crippen LogP contribution in [0.1, 0.15) is 0 Å². The molecular weight excluding hydrogens is 1480 g/mol. The summed E-state index contributed by atoms with van der Waals surface area (Å²) in [5.41, 5.74) is 19.5. The number of aromatic nitrogens is 18. The fourth-order valence-corrected chi connectivity index (χ4v) is 13.8. The second-order valence-electron chi connectivity index (χ2n) is 27.8. The summed E-state index contributed by atoms with van der Waals surface area (Å²) in [6, 6.07) is 124. The van der Waals surface area contributed by atoms with Crippen LogP contribution in [0.5, 0.6) is 0 Å². The maximum atomic E-state index is 5.22. The van der Waals surface area contributed by atoms with Gasteiger partial charge in [-0.15, -0.1) is 0 Å². The Morgan fingerprint density at radius 1 is 0.125 bits per heavy atom. The molecule has 20 aromatic rings. The molecule has 0 N–H and O–H groups in total. The molecule has 0 atom stereocenters. The highest BCUT2D eigenvalue weighted by molar-refractivity contribution is 5.84. The number of rotatable bonds is 18. The van der Waals surface area contributed by atoms with Crippen LogP contribution < -0.4 is 0 Å². The Bertz CT molecular complexity index is 6730. The van der Waals surface area contributed by atoms with Gasteiger partial charge < -0.3 is 0 Å². The van der Waals surface area contributed by atoms with Gasteiger partial charge in [-0.2, -0.15) is 0 Å². The number of hydrogen-bond acceptors (Lipinski definition) is 18. The van der Waals surface area contributed by atoms with Gasteiger partial charge in [-0.1, -0.05) is 303 Å². The van der Waals surface area contributed by atoms with Gasteiger partial charge in [-0.25, -0.2) is 69.8 Å². The fourth-order valence-electron chi connectivity index (χ4n) is 13.8. The lowest BCUT2D eigenvalue weighted by Gasteiger charge is -2.13. The van der Waals surface area contributed by atoms with Gasteiger partial charge in [-0.3, -0.25) is 19.9 Å². The normalized spacial score (nSPS) is 11.0. The minimum Gasteiger partial charge on any atom is -0.255 e. The predicted molar refractivity (Wildman–Crippen MR) is 471 cm³/mol. The van der Waals surface area contributed by atoms with E-state index in [9.17, 15) is 0 Å². The summed E-state index contributed by atoms with van der Waals surface area (Å²) in [5, 5.41) is 0. The second kappa shape index (κ2) is 34.1. The minimum absolute atomic E-state index is 0.490. The number of hydrogen-bond donors (Lipinski definition) is 0. The van der Waals surface area contributed by atoms with Gasteiger partial charge in [0, 0.05) is 91.5 Å². The molecule has 0 bridgehead atoms. The molecule has 0 unspecified atom stereocenters. The molecule has 20 rings (SSSR count). The second-order valence-corrected chi connectivity index (χ2v) is 27.8. The summed E-state index contributed by atoms with van der Waals surface area (Å²) in [7, 11) is 0. The largest absolute Gasteiger partial charge is 0.255 e. The van der Waals surface area contributed by atoms with Gasteiger partial charge in [0.05, 0.1) is 45.6 Å². The van der Waals surface area contributed by atoms with Crippen molar-refractivity contribution in [2.24, 2.45) is 0 Å². The molecule has 0 saturated carbocycles. The molecule has 18 nitrogen and oxygen atoms in total. The quantitative estimate of drug-likeness (QED) is 0.0777. The van der Waals surface area contributed by atoms with Crippen LogP contribution in [0.3, 0.4) is 0 Å². The molecule has 120 heavy (non-hydrogen) atoms. The molecule has 18 heteroatoms. The molecule has 10 aromatic carbocycles. The van der Waals surface area contributed by atoms with E-state index in [1.54, 1.807) is 24.8 Å². The number of pyridine rings is 6. The van der Waals surface area contributed by atoms with Gasteiger partial charge in [0.15, 0.2) is 69.9 Å². The van der Waals surface area contributed by atoms with E-state index in [0.29, 0.717) is 115 Å². The van der Waals surface area contributed by atoms with Crippen LogP contribution in [0.15, 0.2) is 401 Å². The van der Waals surface area contributed by atoms with E-state index in [2.05, 4.69) is 48.5 Å². The van der Waals surface area contributed by atoms with Gasteiger partial charge in [0.1, 0.15) is 0 Å². The maximum absolute atomic E-state index is 5.22. The first-order valence-corrected chi connectivity index (χ1v) is 38.9. The third-order valence-electron chi connectivity index (χ3n) is 19.8. The SMILES string of the molecule is c1ccc(-c2cc(-c3ccc(-c4nc(-c5ccccc5)nc(-c5ccccc5)n4)cn3)nc(-c3cc(-c4nc(-c5ccccc5)nc(-c5ccccc5)n4)ccn3)c2)cc1.c1ccc(-c2cc(-c3ccc(-c4nc(-c5ccccc5)nc(-c5ccccc5)n4)cn3)nc(-c3ncccc3-c3nc(-c4ccccc4)nc(-c4ccccc4)n3)c2)cc1. The lowest BCUT2D eigenvalue weighted by atomic mass is 10.0. The molecule has 0 saturated heterocycles. The fraction of sp³-hybridized carbons (Fsp3) is 0. The van der Waals surface area contributed by atoms with Crippen LogP contribution in [-0.4, -0.2) is 89.7 Å². The highest BCUT2D eigenvalue weighted by Gasteiger charge is 2.23. The van der Waals surface area contributed by atoms with Crippen molar-refractivity contribution in [1.82, 2.24) is 89.7 Å². The average Bonchev–Trinajstić information content (AvgIpc) is 0.775. The van der Waals surface area contributed by atoms with Crippen LogP contribution in [0, 0.1) is 0 Å². The van der Waals surface area contributed by atoms with Crippen molar-refractivity contribution in [1.29, 1.82) is 0 Å². The first-order valence-electron chi connectivity index (χ1n) is 38.9. The highest BCUT2D eigenvalue weighted by atomic mass is 15.1. The summed E-state index contributed by atoms with van der Waals surface area (Å²) < 4.78 is 0. The van der Waals surface area contributed by atoms with Crippen molar-refractivity contribution in [2.45, 2.75) is 0 Å². The lowest BCUT2D eigenvalue weighted by molar-refractivity contribution is 1.07. The lowest BCUT2D eigenvalue weighted by Crippen LogP contribution is -2.02. The molecule has 10 aromatic heterocycles. The molecule has 0 aliphatic carbocycles. The highest BCUT2D eigenvalue weighted by Crippen LogP contribution is 2.38. The maximum Gasteiger partial charge on any atom is 0.166 e. The Hall–Kier alpha value is -16.9. The van der Waals surface area contributed by atoms with E-state index in [1.165, 1.54) is 0 Å². The Morgan fingerprint density at radius 2 is 0.375 bits per heavy atom. The summed E-state index contributed by atoms with van der Waals surface area (Å²) in [4.78, 5) is 88.9.